The van der Waals surface area contributed by atoms with Gasteiger partial charge in [0.15, 0.2) is 0 Å². The lowest BCUT2D eigenvalue weighted by Gasteiger charge is -2.35. The fraction of sp³-hybridized carbons (Fsp3) is 0.647. The Kier molecular flexibility index (Phi) is 4.16. The molecule has 3 nitrogen and oxygen atoms in total. The Morgan fingerprint density at radius 3 is 3.10 bits per heavy atom. The monoisotopic (exact) mass is 274 g/mol. The van der Waals surface area contributed by atoms with Gasteiger partial charge >= 0.3 is 0 Å². The van der Waals surface area contributed by atoms with Crippen molar-refractivity contribution in [2.45, 2.75) is 58.2 Å². The molecule has 1 saturated heterocycles. The number of hydrogen-bond acceptors (Lipinski definition) is 3. The van der Waals surface area contributed by atoms with E-state index in [1.165, 1.54) is 37.8 Å². The summed E-state index contributed by atoms with van der Waals surface area (Å²) in [5, 5.41) is 3.47. The zero-order valence-electron chi connectivity index (χ0n) is 12.7. The summed E-state index contributed by atoms with van der Waals surface area (Å²) in [4.78, 5) is 2.65. The third-order valence-electron chi connectivity index (χ3n) is 4.56. The molecule has 2 unspecified atom stereocenters. The zero-order chi connectivity index (χ0) is 13.9. The van der Waals surface area contributed by atoms with E-state index in [9.17, 15) is 0 Å². The third-order valence-corrected chi connectivity index (χ3v) is 4.56. The number of nitrogens with zero attached hydrogens (tertiary/aromatic N) is 1. The molecule has 2 aliphatic rings. The molecule has 1 fully saturated rings. The molecule has 1 aromatic rings. The van der Waals surface area contributed by atoms with Gasteiger partial charge in [-0.25, -0.2) is 0 Å². The van der Waals surface area contributed by atoms with Crippen molar-refractivity contribution in [3.63, 3.8) is 0 Å². The van der Waals surface area contributed by atoms with Crippen molar-refractivity contribution in [1.29, 1.82) is 0 Å². The maximum Gasteiger partial charge on any atom is 0.142 e. The molecule has 20 heavy (non-hydrogen) atoms. The van der Waals surface area contributed by atoms with Gasteiger partial charge in [0.1, 0.15) is 11.9 Å². The SMILES string of the molecule is CCC1CCCCN1Cc1ccc2c(c1)NCC(C)O2. The number of hydrogen-bond donors (Lipinski definition) is 1. The fourth-order valence-corrected chi connectivity index (χ4v) is 3.39. The van der Waals surface area contributed by atoms with Gasteiger partial charge in [-0.2, -0.15) is 0 Å². The van der Waals surface area contributed by atoms with Gasteiger partial charge in [-0.15, -0.1) is 0 Å². The van der Waals surface area contributed by atoms with Gasteiger partial charge in [0, 0.05) is 12.6 Å². The number of ether oxygens (including phenoxy) is 1. The summed E-state index contributed by atoms with van der Waals surface area (Å²) in [6.45, 7) is 7.63. The predicted octanol–water partition coefficient (Wildman–Crippen LogP) is 3.64. The first-order valence-electron chi connectivity index (χ1n) is 8.03. The highest BCUT2D eigenvalue weighted by molar-refractivity contribution is 5.59. The molecule has 2 atom stereocenters. The van der Waals surface area contributed by atoms with E-state index in [4.69, 9.17) is 4.74 Å². The highest BCUT2D eigenvalue weighted by Gasteiger charge is 2.21. The second-order valence-electron chi connectivity index (χ2n) is 6.17. The van der Waals surface area contributed by atoms with Gasteiger partial charge in [-0.1, -0.05) is 19.4 Å². The molecule has 0 aromatic heterocycles. The standard InChI is InChI=1S/C17H26N2O/c1-3-15-6-4-5-9-19(15)12-14-7-8-17-16(10-14)18-11-13(2)20-17/h7-8,10,13,15,18H,3-6,9,11-12H2,1-2H3. The third kappa shape index (κ3) is 2.93. The van der Waals surface area contributed by atoms with E-state index in [-0.39, 0.29) is 6.10 Å². The lowest BCUT2D eigenvalue weighted by atomic mass is 9.99. The highest BCUT2D eigenvalue weighted by atomic mass is 16.5. The molecule has 0 saturated carbocycles. The number of benzene rings is 1. The van der Waals surface area contributed by atoms with E-state index in [2.05, 4.69) is 42.3 Å². The summed E-state index contributed by atoms with van der Waals surface area (Å²) in [5.41, 5.74) is 2.56. The molecule has 0 amide bonds. The van der Waals surface area contributed by atoms with Crippen LogP contribution in [-0.4, -0.2) is 30.1 Å². The number of nitrogens with one attached hydrogen (secondary N) is 1. The van der Waals surface area contributed by atoms with Gasteiger partial charge in [0.05, 0.1) is 12.2 Å². The number of likely N-dealkylation sites (tertiary alicyclic amines) is 1. The average Bonchev–Trinajstić information content (AvgIpc) is 2.48. The Labute approximate surface area is 122 Å². The highest BCUT2D eigenvalue weighted by Crippen LogP contribution is 2.31. The Bertz CT molecular complexity index is 460. The molecule has 0 bridgehead atoms. The predicted molar refractivity (Wildman–Crippen MR) is 83.4 cm³/mol. The van der Waals surface area contributed by atoms with Crippen LogP contribution in [0.15, 0.2) is 18.2 Å². The first-order chi connectivity index (χ1) is 9.76. The van der Waals surface area contributed by atoms with E-state index < -0.39 is 0 Å². The second-order valence-corrected chi connectivity index (χ2v) is 6.17. The van der Waals surface area contributed by atoms with Crippen LogP contribution in [0.4, 0.5) is 5.69 Å². The van der Waals surface area contributed by atoms with Crippen molar-refractivity contribution in [1.82, 2.24) is 4.90 Å². The molecule has 0 spiro atoms. The van der Waals surface area contributed by atoms with Crippen LogP contribution in [0.3, 0.4) is 0 Å². The zero-order valence-corrected chi connectivity index (χ0v) is 12.7. The molecule has 3 heteroatoms. The van der Waals surface area contributed by atoms with Gasteiger partial charge in [-0.05, 0) is 50.4 Å². The number of piperidine rings is 1. The van der Waals surface area contributed by atoms with Crippen molar-refractivity contribution in [3.8, 4) is 5.75 Å². The summed E-state index contributed by atoms with van der Waals surface area (Å²) in [6, 6.07) is 7.38. The van der Waals surface area contributed by atoms with Crippen molar-refractivity contribution in [2.75, 3.05) is 18.4 Å². The van der Waals surface area contributed by atoms with Crippen LogP contribution in [0, 0.1) is 0 Å². The van der Waals surface area contributed by atoms with E-state index in [1.807, 2.05) is 0 Å². The minimum Gasteiger partial charge on any atom is -0.487 e. The van der Waals surface area contributed by atoms with Crippen LogP contribution in [-0.2, 0) is 6.54 Å². The molecule has 3 rings (SSSR count). The van der Waals surface area contributed by atoms with Crippen LogP contribution >= 0.6 is 0 Å². The second kappa shape index (κ2) is 6.04. The van der Waals surface area contributed by atoms with Crippen LogP contribution in [0.2, 0.25) is 0 Å². The van der Waals surface area contributed by atoms with E-state index in [0.29, 0.717) is 0 Å². The fourth-order valence-electron chi connectivity index (χ4n) is 3.39. The van der Waals surface area contributed by atoms with Gasteiger partial charge < -0.3 is 10.1 Å². The van der Waals surface area contributed by atoms with Gasteiger partial charge in [0.2, 0.25) is 0 Å². The Morgan fingerprint density at radius 1 is 1.35 bits per heavy atom. The molecule has 2 aliphatic heterocycles. The normalized spacial score (nSPS) is 26.5. The molecule has 1 aromatic carbocycles. The largest absolute Gasteiger partial charge is 0.487 e. The summed E-state index contributed by atoms with van der Waals surface area (Å²) < 4.78 is 5.84. The van der Waals surface area contributed by atoms with Crippen LogP contribution < -0.4 is 10.1 Å². The smallest absolute Gasteiger partial charge is 0.142 e. The Morgan fingerprint density at radius 2 is 2.25 bits per heavy atom. The first kappa shape index (κ1) is 13.7. The summed E-state index contributed by atoms with van der Waals surface area (Å²) in [7, 11) is 0. The van der Waals surface area contributed by atoms with E-state index in [1.54, 1.807) is 0 Å². The van der Waals surface area contributed by atoms with E-state index >= 15 is 0 Å². The Hall–Kier alpha value is -1.22. The average molecular weight is 274 g/mol. The molecule has 0 radical (unpaired) electrons. The quantitative estimate of drug-likeness (QED) is 0.910. The van der Waals surface area contributed by atoms with Crippen LogP contribution in [0.25, 0.3) is 0 Å². The summed E-state index contributed by atoms with van der Waals surface area (Å²) in [5.74, 6) is 0.998. The minimum absolute atomic E-state index is 0.264. The number of anilines is 1. The first-order valence-corrected chi connectivity index (χ1v) is 8.03. The molecular formula is C17H26N2O. The lowest BCUT2D eigenvalue weighted by molar-refractivity contribution is 0.136. The molecule has 2 heterocycles. The van der Waals surface area contributed by atoms with Crippen molar-refractivity contribution >= 4 is 5.69 Å². The molecule has 1 N–H and O–H groups in total. The molecule has 0 aliphatic carbocycles. The van der Waals surface area contributed by atoms with Crippen molar-refractivity contribution in [2.24, 2.45) is 0 Å². The van der Waals surface area contributed by atoms with Crippen molar-refractivity contribution in [3.05, 3.63) is 23.8 Å². The van der Waals surface area contributed by atoms with Crippen LogP contribution in [0.5, 0.6) is 5.75 Å². The van der Waals surface area contributed by atoms with Crippen molar-refractivity contribution < 1.29 is 4.74 Å². The molecule has 110 valence electrons. The van der Waals surface area contributed by atoms with Crippen LogP contribution in [0.1, 0.15) is 45.1 Å². The number of fused-ring (bicyclic) bond motifs is 1. The maximum absolute atomic E-state index is 5.84. The van der Waals surface area contributed by atoms with E-state index in [0.717, 1.165) is 30.6 Å². The van der Waals surface area contributed by atoms with Gasteiger partial charge in [-0.3, -0.25) is 4.90 Å². The lowest BCUT2D eigenvalue weighted by Crippen LogP contribution is -2.38. The van der Waals surface area contributed by atoms with Gasteiger partial charge in [0.25, 0.3) is 0 Å². The maximum atomic E-state index is 5.84. The number of rotatable bonds is 3. The topological polar surface area (TPSA) is 24.5 Å². The Balaban J connectivity index is 1.71. The molecular weight excluding hydrogens is 248 g/mol. The summed E-state index contributed by atoms with van der Waals surface area (Å²) >= 11 is 0. The minimum atomic E-state index is 0.264. The summed E-state index contributed by atoms with van der Waals surface area (Å²) in [6.07, 6.45) is 5.64.